The predicted molar refractivity (Wildman–Crippen MR) is 106 cm³/mol. The van der Waals surface area contributed by atoms with Crippen LogP contribution in [0.3, 0.4) is 0 Å². The van der Waals surface area contributed by atoms with E-state index in [2.05, 4.69) is 20.0 Å². The fourth-order valence-electron chi connectivity index (χ4n) is 2.62. The first-order valence-electron chi connectivity index (χ1n) is 8.83. The van der Waals surface area contributed by atoms with Crippen LogP contribution in [0.5, 0.6) is 5.75 Å². The summed E-state index contributed by atoms with van der Waals surface area (Å²) in [5.41, 5.74) is 1.96. The zero-order chi connectivity index (χ0) is 20.1. The van der Waals surface area contributed by atoms with Gasteiger partial charge in [-0.1, -0.05) is 6.92 Å². The predicted octanol–water partition coefficient (Wildman–Crippen LogP) is 2.19. The van der Waals surface area contributed by atoms with Gasteiger partial charge in [0.25, 0.3) is 5.91 Å². The van der Waals surface area contributed by atoms with Crippen molar-refractivity contribution in [3.63, 3.8) is 0 Å². The number of nitrogens with zero attached hydrogens (tertiary/aromatic N) is 1. The lowest BCUT2D eigenvalue weighted by atomic mass is 10.2. The van der Waals surface area contributed by atoms with Crippen LogP contribution in [0.15, 0.2) is 47.4 Å². The van der Waals surface area contributed by atoms with E-state index >= 15 is 0 Å². The van der Waals surface area contributed by atoms with Crippen molar-refractivity contribution in [3.05, 3.63) is 53.9 Å². The van der Waals surface area contributed by atoms with Crippen molar-refractivity contribution in [2.75, 3.05) is 13.7 Å². The van der Waals surface area contributed by atoms with Crippen LogP contribution < -0.4 is 14.8 Å². The first-order valence-corrected chi connectivity index (χ1v) is 10.3. The molecule has 3 N–H and O–H groups in total. The summed E-state index contributed by atoms with van der Waals surface area (Å²) >= 11 is 0. The van der Waals surface area contributed by atoms with Crippen LogP contribution in [0.25, 0.3) is 11.0 Å². The molecule has 0 fully saturated rings. The highest BCUT2D eigenvalue weighted by Crippen LogP contribution is 2.18. The molecule has 1 amide bonds. The van der Waals surface area contributed by atoms with Gasteiger partial charge in [0, 0.05) is 18.2 Å². The number of imidazole rings is 1. The number of benzene rings is 2. The normalized spacial score (nSPS) is 11.5. The number of sulfonamides is 1. The molecule has 0 aliphatic carbocycles. The maximum atomic E-state index is 12.3. The van der Waals surface area contributed by atoms with E-state index in [1.165, 1.54) is 24.3 Å². The summed E-state index contributed by atoms with van der Waals surface area (Å²) in [6.07, 6.45) is 0.703. The largest absolute Gasteiger partial charge is 0.497 e. The second-order valence-electron chi connectivity index (χ2n) is 6.17. The Morgan fingerprint density at radius 1 is 1.18 bits per heavy atom. The Labute approximate surface area is 163 Å². The number of nitrogens with one attached hydrogen (secondary N) is 3. The number of fused-ring (bicyclic) bond motifs is 1. The minimum absolute atomic E-state index is 0.128. The lowest BCUT2D eigenvalue weighted by molar-refractivity contribution is 0.0950. The minimum Gasteiger partial charge on any atom is -0.497 e. The van der Waals surface area contributed by atoms with Crippen molar-refractivity contribution in [2.24, 2.45) is 0 Å². The van der Waals surface area contributed by atoms with Gasteiger partial charge in [-0.25, -0.2) is 18.1 Å². The fraction of sp³-hybridized carbons (Fsp3) is 0.263. The van der Waals surface area contributed by atoms with Crippen molar-refractivity contribution < 1.29 is 17.9 Å². The van der Waals surface area contributed by atoms with Gasteiger partial charge in [-0.3, -0.25) is 4.79 Å². The van der Waals surface area contributed by atoms with Gasteiger partial charge in [-0.15, -0.1) is 0 Å². The highest BCUT2D eigenvalue weighted by atomic mass is 32.2. The fourth-order valence-corrected chi connectivity index (χ4v) is 3.76. The molecule has 1 aromatic heterocycles. The van der Waals surface area contributed by atoms with Gasteiger partial charge in [-0.05, 0) is 42.8 Å². The molecule has 0 bridgehead atoms. The Kier molecular flexibility index (Phi) is 5.96. The van der Waals surface area contributed by atoms with E-state index in [-0.39, 0.29) is 17.3 Å². The molecular formula is C19H22N4O4S. The SMILES string of the molecule is CCCNS(=O)(=O)c1ccc(C(=O)NCc2nc3ccc(OC)cc3[nH]2)cc1. The number of aromatic amines is 1. The van der Waals surface area contributed by atoms with E-state index < -0.39 is 10.0 Å². The van der Waals surface area contributed by atoms with Crippen molar-refractivity contribution in [1.29, 1.82) is 0 Å². The number of amides is 1. The monoisotopic (exact) mass is 402 g/mol. The molecule has 0 spiro atoms. The number of rotatable bonds is 8. The third kappa shape index (κ3) is 4.49. The summed E-state index contributed by atoms with van der Waals surface area (Å²) in [6.45, 7) is 2.47. The minimum atomic E-state index is -3.55. The Hall–Kier alpha value is -2.91. The van der Waals surface area contributed by atoms with Crippen molar-refractivity contribution in [2.45, 2.75) is 24.8 Å². The zero-order valence-electron chi connectivity index (χ0n) is 15.7. The second kappa shape index (κ2) is 8.41. The first-order chi connectivity index (χ1) is 13.4. The van der Waals surface area contributed by atoms with E-state index in [9.17, 15) is 13.2 Å². The molecule has 0 radical (unpaired) electrons. The van der Waals surface area contributed by atoms with Crippen LogP contribution in [0.4, 0.5) is 0 Å². The second-order valence-corrected chi connectivity index (χ2v) is 7.94. The molecule has 28 heavy (non-hydrogen) atoms. The van der Waals surface area contributed by atoms with Gasteiger partial charge >= 0.3 is 0 Å². The molecule has 0 saturated carbocycles. The summed E-state index contributed by atoms with van der Waals surface area (Å²) in [4.78, 5) is 20.0. The summed E-state index contributed by atoms with van der Waals surface area (Å²) < 4.78 is 31.8. The number of carbonyl (C=O) groups excluding carboxylic acids is 1. The third-order valence-corrected chi connectivity index (χ3v) is 5.60. The highest BCUT2D eigenvalue weighted by molar-refractivity contribution is 7.89. The zero-order valence-corrected chi connectivity index (χ0v) is 16.5. The van der Waals surface area contributed by atoms with Crippen LogP contribution in [-0.2, 0) is 16.6 Å². The summed E-state index contributed by atoms with van der Waals surface area (Å²) in [5, 5.41) is 2.77. The average molecular weight is 402 g/mol. The Bertz CT molecular complexity index is 1080. The van der Waals surface area contributed by atoms with Crippen LogP contribution in [-0.4, -0.2) is 37.9 Å². The molecule has 3 rings (SSSR count). The van der Waals surface area contributed by atoms with E-state index in [1.54, 1.807) is 7.11 Å². The van der Waals surface area contributed by atoms with Gasteiger partial charge in [0.15, 0.2) is 0 Å². The molecule has 0 aliphatic rings. The van der Waals surface area contributed by atoms with E-state index in [4.69, 9.17) is 4.74 Å². The Morgan fingerprint density at radius 3 is 2.61 bits per heavy atom. The molecular weight excluding hydrogens is 380 g/mol. The number of ether oxygens (including phenoxy) is 1. The Balaban J connectivity index is 1.65. The standard InChI is InChI=1S/C19H22N4O4S/c1-3-10-21-28(25,26)15-7-4-13(5-8-15)19(24)20-12-18-22-16-9-6-14(27-2)11-17(16)23-18/h4-9,11,21H,3,10,12H2,1-2H3,(H,20,24)(H,22,23). The van der Waals surface area contributed by atoms with Crippen molar-refractivity contribution in [1.82, 2.24) is 20.0 Å². The van der Waals surface area contributed by atoms with Gasteiger partial charge in [0.1, 0.15) is 11.6 Å². The number of H-pyrrole nitrogens is 1. The van der Waals surface area contributed by atoms with Crippen LogP contribution in [0.2, 0.25) is 0 Å². The molecule has 8 nitrogen and oxygen atoms in total. The van der Waals surface area contributed by atoms with Gasteiger partial charge in [-0.2, -0.15) is 0 Å². The topological polar surface area (TPSA) is 113 Å². The number of hydrogen-bond donors (Lipinski definition) is 3. The molecule has 9 heteroatoms. The van der Waals surface area contributed by atoms with E-state index in [0.29, 0.717) is 24.4 Å². The smallest absolute Gasteiger partial charge is 0.251 e. The molecule has 0 aliphatic heterocycles. The molecule has 2 aromatic carbocycles. The van der Waals surface area contributed by atoms with Crippen LogP contribution >= 0.6 is 0 Å². The average Bonchev–Trinajstić information content (AvgIpc) is 3.12. The number of hydrogen-bond acceptors (Lipinski definition) is 5. The molecule has 0 unspecified atom stereocenters. The first kappa shape index (κ1) is 19.8. The summed E-state index contributed by atoms with van der Waals surface area (Å²) in [7, 11) is -1.96. The van der Waals surface area contributed by atoms with Gasteiger partial charge < -0.3 is 15.0 Å². The number of methoxy groups -OCH3 is 1. The molecule has 1 heterocycles. The lowest BCUT2D eigenvalue weighted by Crippen LogP contribution is -2.25. The van der Waals surface area contributed by atoms with Crippen LogP contribution in [0.1, 0.15) is 29.5 Å². The number of carbonyl (C=O) groups is 1. The van der Waals surface area contributed by atoms with Crippen LogP contribution in [0, 0.1) is 0 Å². The lowest BCUT2D eigenvalue weighted by Gasteiger charge is -2.07. The maximum absolute atomic E-state index is 12.3. The molecule has 3 aromatic rings. The van der Waals surface area contributed by atoms with E-state index in [0.717, 1.165) is 16.8 Å². The van der Waals surface area contributed by atoms with Crippen molar-refractivity contribution >= 4 is 27.0 Å². The maximum Gasteiger partial charge on any atom is 0.251 e. The molecule has 148 valence electrons. The van der Waals surface area contributed by atoms with Gasteiger partial charge in [0.2, 0.25) is 10.0 Å². The quantitative estimate of drug-likeness (QED) is 0.535. The van der Waals surface area contributed by atoms with Crippen molar-refractivity contribution in [3.8, 4) is 5.75 Å². The van der Waals surface area contributed by atoms with E-state index in [1.807, 2.05) is 25.1 Å². The summed E-state index contributed by atoms with van der Waals surface area (Å²) in [5.74, 6) is 1.01. The molecule has 0 saturated heterocycles. The molecule has 0 atom stereocenters. The van der Waals surface area contributed by atoms with Gasteiger partial charge in [0.05, 0.1) is 29.6 Å². The summed E-state index contributed by atoms with van der Waals surface area (Å²) in [6, 6.07) is 11.3. The Morgan fingerprint density at radius 2 is 1.93 bits per heavy atom. The highest BCUT2D eigenvalue weighted by Gasteiger charge is 2.14. The third-order valence-electron chi connectivity index (χ3n) is 4.12. The number of aromatic nitrogens is 2.